The highest BCUT2D eigenvalue weighted by Crippen LogP contribution is 2.32. The van der Waals surface area contributed by atoms with Crippen molar-refractivity contribution in [2.24, 2.45) is 5.92 Å². The molecular formula is C14H28N2O. The first-order valence-corrected chi connectivity index (χ1v) is 7.10. The smallest absolute Gasteiger partial charge is 0.0681 e. The quantitative estimate of drug-likeness (QED) is 0.745. The van der Waals surface area contributed by atoms with Crippen molar-refractivity contribution in [1.82, 2.24) is 9.80 Å². The summed E-state index contributed by atoms with van der Waals surface area (Å²) in [7, 11) is 0. The Balaban J connectivity index is 1.90. The van der Waals surface area contributed by atoms with E-state index in [1.54, 1.807) is 0 Å². The predicted octanol–water partition coefficient (Wildman–Crippen LogP) is 1.83. The number of hydrogen-bond donors (Lipinski definition) is 0. The van der Waals surface area contributed by atoms with Crippen molar-refractivity contribution in [3.8, 4) is 0 Å². The minimum atomic E-state index is 0.372. The molecule has 0 atom stereocenters. The van der Waals surface area contributed by atoms with E-state index < -0.39 is 0 Å². The molecule has 0 aromatic heterocycles. The van der Waals surface area contributed by atoms with Crippen molar-refractivity contribution in [3.05, 3.63) is 0 Å². The minimum absolute atomic E-state index is 0.372. The summed E-state index contributed by atoms with van der Waals surface area (Å²) in [5.74, 6) is 0.766. The molecule has 2 heterocycles. The number of ether oxygens (including phenoxy) is 1. The highest BCUT2D eigenvalue weighted by Gasteiger charge is 2.45. The fourth-order valence-corrected chi connectivity index (χ4v) is 3.24. The third-order valence-electron chi connectivity index (χ3n) is 4.25. The summed E-state index contributed by atoms with van der Waals surface area (Å²) >= 11 is 0. The summed E-state index contributed by atoms with van der Waals surface area (Å²) in [6, 6.07) is 0.691. The van der Waals surface area contributed by atoms with Crippen LogP contribution in [0.2, 0.25) is 0 Å². The Morgan fingerprint density at radius 1 is 1.00 bits per heavy atom. The maximum atomic E-state index is 5.51. The van der Waals surface area contributed by atoms with Gasteiger partial charge in [-0.15, -0.1) is 0 Å². The Labute approximate surface area is 106 Å². The third-order valence-corrected chi connectivity index (χ3v) is 4.25. The maximum Gasteiger partial charge on any atom is 0.0681 e. The summed E-state index contributed by atoms with van der Waals surface area (Å²) in [6.45, 7) is 16.0. The molecule has 0 N–H and O–H groups in total. The molecule has 0 spiro atoms. The number of hydrogen-bond acceptors (Lipinski definition) is 3. The van der Waals surface area contributed by atoms with Crippen LogP contribution in [0.3, 0.4) is 0 Å². The molecule has 2 aliphatic rings. The van der Waals surface area contributed by atoms with Gasteiger partial charge < -0.3 is 4.74 Å². The molecule has 0 radical (unpaired) electrons. The van der Waals surface area contributed by atoms with Crippen LogP contribution in [-0.2, 0) is 4.74 Å². The zero-order valence-electron chi connectivity index (χ0n) is 11.9. The van der Waals surface area contributed by atoms with Gasteiger partial charge in [-0.1, -0.05) is 13.8 Å². The number of piperazine rings is 1. The molecule has 0 saturated carbocycles. The van der Waals surface area contributed by atoms with E-state index in [2.05, 4.69) is 37.5 Å². The van der Waals surface area contributed by atoms with Crippen molar-refractivity contribution in [2.45, 2.75) is 45.7 Å². The second-order valence-electron chi connectivity index (χ2n) is 6.43. The van der Waals surface area contributed by atoms with Gasteiger partial charge in [0.1, 0.15) is 0 Å². The van der Waals surface area contributed by atoms with E-state index in [0.29, 0.717) is 11.6 Å². The Hall–Kier alpha value is -0.120. The van der Waals surface area contributed by atoms with Gasteiger partial charge in [0.2, 0.25) is 0 Å². The van der Waals surface area contributed by atoms with Gasteiger partial charge in [0.05, 0.1) is 18.8 Å². The SMILES string of the molecule is CC(C)CC1(N2CCN(C(C)C)CC2)COC1. The predicted molar refractivity (Wildman–Crippen MR) is 71.3 cm³/mol. The van der Waals surface area contributed by atoms with Crippen LogP contribution < -0.4 is 0 Å². The third kappa shape index (κ3) is 2.83. The van der Waals surface area contributed by atoms with Crippen molar-refractivity contribution in [1.29, 1.82) is 0 Å². The molecule has 0 aromatic rings. The molecule has 0 unspecified atom stereocenters. The largest absolute Gasteiger partial charge is 0.377 e. The van der Waals surface area contributed by atoms with Crippen molar-refractivity contribution in [2.75, 3.05) is 39.4 Å². The molecule has 3 heteroatoms. The first kappa shape index (κ1) is 13.3. The highest BCUT2D eigenvalue weighted by atomic mass is 16.5. The molecule has 17 heavy (non-hydrogen) atoms. The Bertz CT molecular complexity index is 241. The normalized spacial score (nSPS) is 26.5. The zero-order chi connectivity index (χ0) is 12.5. The van der Waals surface area contributed by atoms with E-state index in [-0.39, 0.29) is 0 Å². The van der Waals surface area contributed by atoms with Gasteiger partial charge in [0.25, 0.3) is 0 Å². The van der Waals surface area contributed by atoms with Gasteiger partial charge in [0.15, 0.2) is 0 Å². The topological polar surface area (TPSA) is 15.7 Å². The van der Waals surface area contributed by atoms with Crippen LogP contribution in [-0.4, -0.2) is 60.8 Å². The van der Waals surface area contributed by atoms with Crippen LogP contribution >= 0.6 is 0 Å². The lowest BCUT2D eigenvalue weighted by Gasteiger charge is -2.53. The lowest BCUT2D eigenvalue weighted by atomic mass is 9.84. The van der Waals surface area contributed by atoms with Crippen LogP contribution in [0, 0.1) is 5.92 Å². The average Bonchev–Trinajstić information content (AvgIpc) is 2.23. The van der Waals surface area contributed by atoms with Gasteiger partial charge in [-0.2, -0.15) is 0 Å². The molecule has 2 fully saturated rings. The molecule has 3 nitrogen and oxygen atoms in total. The number of nitrogens with zero attached hydrogens (tertiary/aromatic N) is 2. The van der Waals surface area contributed by atoms with Crippen LogP contribution in [0.15, 0.2) is 0 Å². The van der Waals surface area contributed by atoms with E-state index >= 15 is 0 Å². The van der Waals surface area contributed by atoms with Crippen LogP contribution in [0.4, 0.5) is 0 Å². The van der Waals surface area contributed by atoms with Gasteiger partial charge in [0, 0.05) is 32.2 Å². The van der Waals surface area contributed by atoms with Gasteiger partial charge in [-0.25, -0.2) is 0 Å². The van der Waals surface area contributed by atoms with Gasteiger partial charge >= 0.3 is 0 Å². The average molecular weight is 240 g/mol. The molecular weight excluding hydrogens is 212 g/mol. The Morgan fingerprint density at radius 2 is 1.59 bits per heavy atom. The van der Waals surface area contributed by atoms with Crippen molar-refractivity contribution >= 4 is 0 Å². The van der Waals surface area contributed by atoms with Crippen LogP contribution in [0.1, 0.15) is 34.1 Å². The van der Waals surface area contributed by atoms with Crippen molar-refractivity contribution < 1.29 is 4.74 Å². The summed E-state index contributed by atoms with van der Waals surface area (Å²) in [5, 5.41) is 0. The first-order chi connectivity index (χ1) is 8.03. The Kier molecular flexibility index (Phi) is 4.11. The van der Waals surface area contributed by atoms with Gasteiger partial charge in [-0.3, -0.25) is 9.80 Å². The van der Waals surface area contributed by atoms with Crippen LogP contribution in [0.25, 0.3) is 0 Å². The summed E-state index contributed by atoms with van der Waals surface area (Å²) < 4.78 is 5.51. The molecule has 2 saturated heterocycles. The standard InChI is InChI=1S/C14H28N2O/c1-12(2)9-14(10-17-11-14)16-7-5-15(6-8-16)13(3)4/h12-13H,5-11H2,1-4H3. The van der Waals surface area contributed by atoms with E-state index in [0.717, 1.165) is 19.1 Å². The van der Waals surface area contributed by atoms with E-state index in [1.165, 1.54) is 32.6 Å². The van der Waals surface area contributed by atoms with E-state index in [1.807, 2.05) is 0 Å². The highest BCUT2D eigenvalue weighted by molar-refractivity contribution is 4.99. The fourth-order valence-electron chi connectivity index (χ4n) is 3.24. The van der Waals surface area contributed by atoms with E-state index in [4.69, 9.17) is 4.74 Å². The molecule has 0 aromatic carbocycles. The fraction of sp³-hybridized carbons (Fsp3) is 1.00. The molecule has 0 amide bonds. The second kappa shape index (κ2) is 5.25. The lowest BCUT2D eigenvalue weighted by molar-refractivity contribution is -0.159. The second-order valence-corrected chi connectivity index (χ2v) is 6.43. The molecule has 0 aliphatic carbocycles. The summed E-state index contributed by atoms with van der Waals surface area (Å²) in [6.07, 6.45) is 1.29. The molecule has 2 aliphatic heterocycles. The number of rotatable bonds is 4. The molecule has 100 valence electrons. The van der Waals surface area contributed by atoms with E-state index in [9.17, 15) is 0 Å². The summed E-state index contributed by atoms with van der Waals surface area (Å²) in [4.78, 5) is 5.27. The summed E-state index contributed by atoms with van der Waals surface area (Å²) in [5.41, 5.74) is 0.372. The zero-order valence-corrected chi connectivity index (χ0v) is 11.9. The maximum absolute atomic E-state index is 5.51. The molecule has 0 bridgehead atoms. The van der Waals surface area contributed by atoms with Crippen LogP contribution in [0.5, 0.6) is 0 Å². The van der Waals surface area contributed by atoms with Crippen molar-refractivity contribution in [3.63, 3.8) is 0 Å². The Morgan fingerprint density at radius 3 is 1.94 bits per heavy atom. The van der Waals surface area contributed by atoms with Gasteiger partial charge in [-0.05, 0) is 26.2 Å². The lowest BCUT2D eigenvalue weighted by Crippen LogP contribution is -2.67. The minimum Gasteiger partial charge on any atom is -0.377 e. The molecule has 2 rings (SSSR count). The first-order valence-electron chi connectivity index (χ1n) is 7.10. The monoisotopic (exact) mass is 240 g/mol.